The van der Waals surface area contributed by atoms with Crippen LogP contribution in [0.4, 0.5) is 5.69 Å². The molecule has 154 valence electrons. The van der Waals surface area contributed by atoms with Crippen LogP contribution in [0.25, 0.3) is 0 Å². The van der Waals surface area contributed by atoms with Gasteiger partial charge in [-0.25, -0.2) is 0 Å². The van der Waals surface area contributed by atoms with E-state index in [2.05, 4.69) is 47.5 Å². The molecule has 5 heteroatoms. The van der Waals surface area contributed by atoms with Crippen molar-refractivity contribution in [3.05, 3.63) is 58.4 Å². The molecule has 5 rings (SSSR count). The van der Waals surface area contributed by atoms with Crippen molar-refractivity contribution < 1.29 is 4.74 Å². The van der Waals surface area contributed by atoms with Gasteiger partial charge in [-0.3, -0.25) is 4.98 Å². The van der Waals surface area contributed by atoms with Crippen LogP contribution in [0.1, 0.15) is 53.9 Å². The number of nitrogens with two attached hydrogens (primary N) is 1. The van der Waals surface area contributed by atoms with E-state index in [1.54, 1.807) is 0 Å². The van der Waals surface area contributed by atoms with Crippen LogP contribution in [0.3, 0.4) is 0 Å². The van der Waals surface area contributed by atoms with Crippen LogP contribution in [0.5, 0.6) is 0 Å². The number of rotatable bonds is 3. The maximum Gasteiger partial charge on any atom is 0.0722 e. The van der Waals surface area contributed by atoms with Crippen molar-refractivity contribution in [3.63, 3.8) is 0 Å². The standard InChI is InChI=1S/C24H32N4O/c1-16-15-28(10-11-29-16)23-7-3-5-18-14-26-20(13-21(18)23)12-19-9-8-17-4-2-6-22(25)24(17)27-19/h3,5,7-9,16,20,22,26H,2,4,6,10-15,25H2,1H3/t16-,20-,22?/m0/s1. The molecular weight excluding hydrogens is 360 g/mol. The largest absolute Gasteiger partial charge is 0.375 e. The number of hydrogen-bond donors (Lipinski definition) is 2. The number of hydrogen-bond acceptors (Lipinski definition) is 5. The van der Waals surface area contributed by atoms with Crippen LogP contribution in [-0.4, -0.2) is 36.8 Å². The van der Waals surface area contributed by atoms with Crippen molar-refractivity contribution in [3.8, 4) is 0 Å². The van der Waals surface area contributed by atoms with E-state index in [-0.39, 0.29) is 6.04 Å². The Morgan fingerprint density at radius 1 is 1.24 bits per heavy atom. The minimum atomic E-state index is 0.105. The van der Waals surface area contributed by atoms with Gasteiger partial charge in [0, 0.05) is 49.5 Å². The van der Waals surface area contributed by atoms with Crippen molar-refractivity contribution in [2.75, 3.05) is 24.6 Å². The molecule has 1 aromatic carbocycles. The predicted octanol–water partition coefficient (Wildman–Crippen LogP) is 2.90. The first-order valence-corrected chi connectivity index (χ1v) is 11.1. The Kier molecular flexibility index (Phi) is 5.29. The molecule has 5 nitrogen and oxygen atoms in total. The van der Waals surface area contributed by atoms with Gasteiger partial charge in [-0.05, 0) is 61.4 Å². The van der Waals surface area contributed by atoms with Gasteiger partial charge in [-0.2, -0.15) is 0 Å². The number of pyridine rings is 1. The first-order valence-electron chi connectivity index (χ1n) is 11.1. The predicted molar refractivity (Wildman–Crippen MR) is 116 cm³/mol. The summed E-state index contributed by atoms with van der Waals surface area (Å²) >= 11 is 0. The summed E-state index contributed by atoms with van der Waals surface area (Å²) < 4.78 is 5.76. The monoisotopic (exact) mass is 392 g/mol. The zero-order valence-electron chi connectivity index (χ0n) is 17.4. The van der Waals surface area contributed by atoms with E-state index >= 15 is 0 Å². The van der Waals surface area contributed by atoms with E-state index in [1.165, 1.54) is 34.5 Å². The molecule has 3 atom stereocenters. The van der Waals surface area contributed by atoms with E-state index in [9.17, 15) is 0 Å². The number of aryl methyl sites for hydroxylation is 1. The zero-order chi connectivity index (χ0) is 19.8. The van der Waals surface area contributed by atoms with Crippen molar-refractivity contribution >= 4 is 5.69 Å². The minimum Gasteiger partial charge on any atom is -0.375 e. The molecule has 2 aromatic rings. The number of morpholine rings is 1. The Morgan fingerprint density at radius 2 is 2.17 bits per heavy atom. The first-order chi connectivity index (χ1) is 14.2. The molecule has 1 fully saturated rings. The lowest BCUT2D eigenvalue weighted by Crippen LogP contribution is -2.43. The van der Waals surface area contributed by atoms with Gasteiger partial charge in [-0.1, -0.05) is 18.2 Å². The third kappa shape index (κ3) is 3.91. The van der Waals surface area contributed by atoms with Crippen LogP contribution in [-0.2, 0) is 30.5 Å². The van der Waals surface area contributed by atoms with Crippen molar-refractivity contribution in [1.82, 2.24) is 10.3 Å². The van der Waals surface area contributed by atoms with Crippen molar-refractivity contribution in [2.24, 2.45) is 5.73 Å². The van der Waals surface area contributed by atoms with E-state index in [1.807, 2.05) is 0 Å². The molecule has 3 heterocycles. The average molecular weight is 393 g/mol. The molecule has 0 spiro atoms. The Labute approximate surface area is 173 Å². The molecular formula is C24H32N4O. The summed E-state index contributed by atoms with van der Waals surface area (Å²) in [5, 5.41) is 3.74. The molecule has 1 aliphatic carbocycles. The smallest absolute Gasteiger partial charge is 0.0722 e. The maximum atomic E-state index is 6.33. The minimum absolute atomic E-state index is 0.105. The fourth-order valence-corrected chi connectivity index (χ4v) is 5.17. The van der Waals surface area contributed by atoms with Gasteiger partial charge >= 0.3 is 0 Å². The number of nitrogens with zero attached hydrogens (tertiary/aromatic N) is 2. The Bertz CT molecular complexity index is 883. The molecule has 0 radical (unpaired) electrons. The summed E-state index contributed by atoms with van der Waals surface area (Å²) in [7, 11) is 0. The van der Waals surface area contributed by atoms with Crippen molar-refractivity contribution in [1.29, 1.82) is 0 Å². The van der Waals surface area contributed by atoms with Gasteiger partial charge in [-0.15, -0.1) is 0 Å². The Morgan fingerprint density at radius 3 is 3.07 bits per heavy atom. The second-order valence-electron chi connectivity index (χ2n) is 8.87. The van der Waals surface area contributed by atoms with Crippen LogP contribution < -0.4 is 16.0 Å². The van der Waals surface area contributed by atoms with Crippen LogP contribution in [0, 0.1) is 0 Å². The van der Waals surface area contributed by atoms with E-state index in [0.29, 0.717) is 12.1 Å². The summed E-state index contributed by atoms with van der Waals surface area (Å²) in [6.07, 6.45) is 5.64. The Balaban J connectivity index is 1.35. The van der Waals surface area contributed by atoms with Gasteiger partial charge in [0.1, 0.15) is 0 Å². The zero-order valence-corrected chi connectivity index (χ0v) is 17.4. The molecule has 3 N–H and O–H groups in total. The highest BCUT2D eigenvalue weighted by molar-refractivity contribution is 5.58. The fourth-order valence-electron chi connectivity index (χ4n) is 5.17. The van der Waals surface area contributed by atoms with E-state index in [4.69, 9.17) is 15.5 Å². The summed E-state index contributed by atoms with van der Waals surface area (Å²) in [5.41, 5.74) is 14.3. The third-order valence-electron chi connectivity index (χ3n) is 6.70. The van der Waals surface area contributed by atoms with Crippen molar-refractivity contribution in [2.45, 2.75) is 63.8 Å². The highest BCUT2D eigenvalue weighted by Gasteiger charge is 2.26. The molecule has 2 aliphatic heterocycles. The number of fused-ring (bicyclic) bond motifs is 2. The molecule has 1 saturated heterocycles. The SMILES string of the molecule is C[C@H]1CN(c2cccc3c2C[C@H](Cc2ccc4c(n2)C(N)CCC4)NC3)CCO1. The highest BCUT2D eigenvalue weighted by Crippen LogP contribution is 2.31. The number of ether oxygens (including phenoxy) is 1. The van der Waals surface area contributed by atoms with Gasteiger partial charge in [0.25, 0.3) is 0 Å². The second kappa shape index (κ2) is 8.05. The van der Waals surface area contributed by atoms with Gasteiger partial charge in [0.15, 0.2) is 0 Å². The molecule has 0 bridgehead atoms. The highest BCUT2D eigenvalue weighted by atomic mass is 16.5. The number of aromatic nitrogens is 1. The molecule has 29 heavy (non-hydrogen) atoms. The second-order valence-corrected chi connectivity index (χ2v) is 8.87. The molecule has 1 unspecified atom stereocenters. The topological polar surface area (TPSA) is 63.4 Å². The normalized spacial score (nSPS) is 26.7. The van der Waals surface area contributed by atoms with Crippen LogP contribution >= 0.6 is 0 Å². The van der Waals surface area contributed by atoms with Gasteiger partial charge < -0.3 is 20.7 Å². The molecule has 0 saturated carbocycles. The van der Waals surface area contributed by atoms with Gasteiger partial charge in [0.05, 0.1) is 18.4 Å². The lowest BCUT2D eigenvalue weighted by Gasteiger charge is -2.37. The number of anilines is 1. The number of benzene rings is 1. The quantitative estimate of drug-likeness (QED) is 0.841. The molecule has 1 aromatic heterocycles. The van der Waals surface area contributed by atoms with Crippen LogP contribution in [0.15, 0.2) is 30.3 Å². The van der Waals surface area contributed by atoms with E-state index < -0.39 is 0 Å². The average Bonchev–Trinajstić information content (AvgIpc) is 2.74. The number of nitrogens with one attached hydrogen (secondary N) is 1. The lowest BCUT2D eigenvalue weighted by molar-refractivity contribution is 0.0531. The van der Waals surface area contributed by atoms with Gasteiger partial charge in [0.2, 0.25) is 0 Å². The first kappa shape index (κ1) is 19.0. The lowest BCUT2D eigenvalue weighted by atomic mass is 9.89. The summed E-state index contributed by atoms with van der Waals surface area (Å²) in [5.74, 6) is 0. The van der Waals surface area contributed by atoms with E-state index in [0.717, 1.165) is 57.6 Å². The summed E-state index contributed by atoms with van der Waals surface area (Å²) in [6, 6.07) is 11.7. The molecule has 3 aliphatic rings. The Hall–Kier alpha value is -1.95. The summed E-state index contributed by atoms with van der Waals surface area (Å²) in [4.78, 5) is 7.48. The third-order valence-corrected chi connectivity index (χ3v) is 6.70. The van der Waals surface area contributed by atoms with Crippen LogP contribution in [0.2, 0.25) is 0 Å². The maximum absolute atomic E-state index is 6.33. The summed E-state index contributed by atoms with van der Waals surface area (Å²) in [6.45, 7) is 5.85. The fraction of sp³-hybridized carbons (Fsp3) is 0.542. The molecule has 0 amide bonds.